The lowest BCUT2D eigenvalue weighted by Crippen LogP contribution is -2.08. The smallest absolute Gasteiger partial charge is 0.320 e. The van der Waals surface area contributed by atoms with E-state index in [0.717, 1.165) is 21.8 Å². The summed E-state index contributed by atoms with van der Waals surface area (Å²) < 4.78 is 0. The summed E-state index contributed by atoms with van der Waals surface area (Å²) in [6.07, 6.45) is 0. The molecular formula is C9H9ClN2O2S2. The summed E-state index contributed by atoms with van der Waals surface area (Å²) in [5.74, 6) is 0. The molecule has 7 heteroatoms. The van der Waals surface area contributed by atoms with Gasteiger partial charge in [0.2, 0.25) is 0 Å². The first-order valence-corrected chi connectivity index (χ1v) is 5.96. The third-order valence-corrected chi connectivity index (χ3v) is 3.82. The van der Waals surface area contributed by atoms with E-state index in [0.29, 0.717) is 0 Å². The number of hydrogen-bond acceptors (Lipinski definition) is 5. The van der Waals surface area contributed by atoms with Crippen LogP contribution in [0, 0.1) is 10.1 Å². The molecule has 0 aliphatic rings. The molecule has 0 aliphatic heterocycles. The van der Waals surface area contributed by atoms with Gasteiger partial charge in [0.1, 0.15) is 0 Å². The SMILES string of the molecule is Cl.N[C@H](c1ccsc1)c1ccc([N+](=O)[O-])s1. The van der Waals surface area contributed by atoms with Crippen molar-refractivity contribution in [1.82, 2.24) is 0 Å². The molecule has 2 aromatic rings. The second-order valence-corrected chi connectivity index (χ2v) is 4.84. The van der Waals surface area contributed by atoms with Gasteiger partial charge in [-0.05, 0) is 28.5 Å². The van der Waals surface area contributed by atoms with E-state index in [-0.39, 0.29) is 23.4 Å². The Hall–Kier alpha value is -0.950. The van der Waals surface area contributed by atoms with Crippen molar-refractivity contribution in [3.8, 4) is 0 Å². The summed E-state index contributed by atoms with van der Waals surface area (Å²) in [5.41, 5.74) is 6.97. The van der Waals surface area contributed by atoms with Gasteiger partial charge in [0.25, 0.3) is 0 Å². The summed E-state index contributed by atoms with van der Waals surface area (Å²) in [5, 5.41) is 14.5. The van der Waals surface area contributed by atoms with Gasteiger partial charge in [-0.3, -0.25) is 10.1 Å². The topological polar surface area (TPSA) is 69.2 Å². The predicted molar refractivity (Wildman–Crippen MR) is 68.6 cm³/mol. The van der Waals surface area contributed by atoms with E-state index in [9.17, 15) is 10.1 Å². The average Bonchev–Trinajstić information content (AvgIpc) is 2.88. The Kier molecular flexibility index (Phi) is 4.43. The summed E-state index contributed by atoms with van der Waals surface area (Å²) in [7, 11) is 0. The summed E-state index contributed by atoms with van der Waals surface area (Å²) in [6.45, 7) is 0. The monoisotopic (exact) mass is 276 g/mol. The number of nitrogens with zero attached hydrogens (tertiary/aromatic N) is 1. The molecule has 0 amide bonds. The normalized spacial score (nSPS) is 11.8. The van der Waals surface area contributed by atoms with E-state index in [1.807, 2.05) is 16.8 Å². The molecular weight excluding hydrogens is 268 g/mol. The molecule has 2 aromatic heterocycles. The fraction of sp³-hybridized carbons (Fsp3) is 0.111. The highest BCUT2D eigenvalue weighted by atomic mass is 35.5. The zero-order chi connectivity index (χ0) is 10.8. The first-order chi connectivity index (χ1) is 7.18. The number of nitro groups is 1. The van der Waals surface area contributed by atoms with Crippen LogP contribution in [0.1, 0.15) is 16.5 Å². The third-order valence-electron chi connectivity index (χ3n) is 2.00. The van der Waals surface area contributed by atoms with Gasteiger partial charge in [-0.2, -0.15) is 11.3 Å². The largest absolute Gasteiger partial charge is 0.324 e. The zero-order valence-corrected chi connectivity index (χ0v) is 10.5. The van der Waals surface area contributed by atoms with Crippen molar-refractivity contribution in [2.75, 3.05) is 0 Å². The second-order valence-electron chi connectivity index (χ2n) is 2.97. The number of hydrogen-bond donors (Lipinski definition) is 1. The maximum Gasteiger partial charge on any atom is 0.324 e. The molecule has 16 heavy (non-hydrogen) atoms. The maximum atomic E-state index is 10.5. The van der Waals surface area contributed by atoms with Crippen LogP contribution in [-0.4, -0.2) is 4.92 Å². The molecule has 0 radical (unpaired) electrons. The van der Waals surface area contributed by atoms with Crippen molar-refractivity contribution >= 4 is 40.1 Å². The molecule has 2 rings (SSSR count). The molecule has 0 saturated heterocycles. The summed E-state index contributed by atoms with van der Waals surface area (Å²) in [6, 6.07) is 4.88. The molecule has 0 unspecified atom stereocenters. The summed E-state index contributed by atoms with van der Waals surface area (Å²) in [4.78, 5) is 10.9. The van der Waals surface area contributed by atoms with E-state index in [2.05, 4.69) is 0 Å². The highest BCUT2D eigenvalue weighted by Gasteiger charge is 2.16. The van der Waals surface area contributed by atoms with Gasteiger partial charge in [-0.25, -0.2) is 0 Å². The van der Waals surface area contributed by atoms with Gasteiger partial charge >= 0.3 is 5.00 Å². The van der Waals surface area contributed by atoms with Crippen LogP contribution in [0.15, 0.2) is 29.0 Å². The van der Waals surface area contributed by atoms with Crippen LogP contribution in [0.3, 0.4) is 0 Å². The Morgan fingerprint density at radius 3 is 2.62 bits per heavy atom. The molecule has 0 fully saturated rings. The van der Waals surface area contributed by atoms with Gasteiger partial charge in [-0.15, -0.1) is 12.4 Å². The number of thiophene rings is 2. The zero-order valence-electron chi connectivity index (χ0n) is 8.03. The Labute approximate surface area is 106 Å². The van der Waals surface area contributed by atoms with Gasteiger partial charge in [-0.1, -0.05) is 11.3 Å². The van der Waals surface area contributed by atoms with Crippen molar-refractivity contribution in [3.63, 3.8) is 0 Å². The minimum Gasteiger partial charge on any atom is -0.320 e. The molecule has 1 atom stereocenters. The van der Waals surface area contributed by atoms with Crippen LogP contribution in [0.4, 0.5) is 5.00 Å². The Bertz CT molecular complexity index is 470. The van der Waals surface area contributed by atoms with E-state index < -0.39 is 4.92 Å². The fourth-order valence-electron chi connectivity index (χ4n) is 1.22. The van der Waals surface area contributed by atoms with E-state index in [4.69, 9.17) is 5.73 Å². The lowest BCUT2D eigenvalue weighted by atomic mass is 10.1. The molecule has 0 bridgehead atoms. The van der Waals surface area contributed by atoms with Gasteiger partial charge in [0.15, 0.2) is 0 Å². The third kappa shape index (κ3) is 2.59. The lowest BCUT2D eigenvalue weighted by Gasteiger charge is -2.05. The number of rotatable bonds is 3. The average molecular weight is 277 g/mol. The van der Waals surface area contributed by atoms with E-state index >= 15 is 0 Å². The molecule has 0 aromatic carbocycles. The van der Waals surface area contributed by atoms with Crippen LogP contribution in [0.2, 0.25) is 0 Å². The van der Waals surface area contributed by atoms with Crippen LogP contribution in [0.5, 0.6) is 0 Å². The van der Waals surface area contributed by atoms with Crippen LogP contribution in [0.25, 0.3) is 0 Å². The standard InChI is InChI=1S/C9H8N2O2S2.ClH/c10-9(6-3-4-14-5-6)7-1-2-8(15-7)11(12)13;/h1-5,9H,10H2;1H/t9-;/m1./s1. The van der Waals surface area contributed by atoms with E-state index in [1.54, 1.807) is 17.4 Å². The van der Waals surface area contributed by atoms with Gasteiger partial charge in [0, 0.05) is 10.9 Å². The number of halogens is 1. The first kappa shape index (κ1) is 13.1. The Morgan fingerprint density at radius 1 is 1.38 bits per heavy atom. The molecule has 0 saturated carbocycles. The Morgan fingerprint density at radius 2 is 2.12 bits per heavy atom. The van der Waals surface area contributed by atoms with Crippen molar-refractivity contribution in [2.24, 2.45) is 5.73 Å². The summed E-state index contributed by atoms with van der Waals surface area (Å²) >= 11 is 2.69. The van der Waals surface area contributed by atoms with Crippen molar-refractivity contribution in [1.29, 1.82) is 0 Å². The molecule has 4 nitrogen and oxygen atoms in total. The molecule has 0 aliphatic carbocycles. The highest BCUT2D eigenvalue weighted by Crippen LogP contribution is 2.31. The molecule has 2 heterocycles. The van der Waals surface area contributed by atoms with Crippen LogP contribution < -0.4 is 5.73 Å². The predicted octanol–water partition coefficient (Wildman–Crippen LogP) is 3.19. The fourth-order valence-corrected chi connectivity index (χ4v) is 2.77. The highest BCUT2D eigenvalue weighted by molar-refractivity contribution is 7.15. The minimum absolute atomic E-state index is 0. The van der Waals surface area contributed by atoms with Crippen molar-refractivity contribution in [2.45, 2.75) is 6.04 Å². The van der Waals surface area contributed by atoms with Gasteiger partial charge < -0.3 is 5.73 Å². The van der Waals surface area contributed by atoms with Crippen molar-refractivity contribution in [3.05, 3.63) is 49.5 Å². The lowest BCUT2D eigenvalue weighted by molar-refractivity contribution is -0.380. The Balaban J connectivity index is 0.00000128. The van der Waals surface area contributed by atoms with Crippen LogP contribution >= 0.6 is 35.1 Å². The quantitative estimate of drug-likeness (QED) is 0.691. The van der Waals surface area contributed by atoms with Crippen LogP contribution in [-0.2, 0) is 0 Å². The van der Waals surface area contributed by atoms with Gasteiger partial charge in [0.05, 0.1) is 11.0 Å². The maximum absolute atomic E-state index is 10.5. The minimum atomic E-state index is -0.394. The van der Waals surface area contributed by atoms with E-state index in [1.165, 1.54) is 6.07 Å². The molecule has 86 valence electrons. The molecule has 0 spiro atoms. The van der Waals surface area contributed by atoms with Crippen molar-refractivity contribution < 1.29 is 4.92 Å². The first-order valence-electron chi connectivity index (χ1n) is 4.20. The second kappa shape index (κ2) is 5.40. The molecule has 2 N–H and O–H groups in total. The number of nitrogens with two attached hydrogens (primary N) is 1.